The second-order valence-corrected chi connectivity index (χ2v) is 5.26. The van der Waals surface area contributed by atoms with E-state index in [0.717, 1.165) is 17.7 Å². The Morgan fingerprint density at radius 2 is 1.80 bits per heavy atom. The summed E-state index contributed by atoms with van der Waals surface area (Å²) in [6, 6.07) is 9.65. The zero-order chi connectivity index (χ0) is 10.7. The molecule has 1 fully saturated rings. The first-order chi connectivity index (χ1) is 7.23. The Labute approximate surface area is 93.0 Å². The third kappa shape index (κ3) is 2.15. The molecule has 0 heterocycles. The number of nitrogens with zero attached hydrogens (tertiary/aromatic N) is 1. The van der Waals surface area contributed by atoms with Gasteiger partial charge in [0.15, 0.2) is 0 Å². The second kappa shape index (κ2) is 4.23. The summed E-state index contributed by atoms with van der Waals surface area (Å²) in [5, 5.41) is 11.1. The lowest BCUT2D eigenvalue weighted by atomic mass is 10.2. The number of nitro groups is 1. The van der Waals surface area contributed by atoms with E-state index >= 15 is 0 Å². The van der Waals surface area contributed by atoms with Crippen LogP contribution >= 0.6 is 11.8 Å². The zero-order valence-electron chi connectivity index (χ0n) is 8.39. The van der Waals surface area contributed by atoms with E-state index in [-0.39, 0.29) is 4.92 Å². The molecule has 2 rings (SSSR count). The van der Waals surface area contributed by atoms with Crippen LogP contribution in [0.4, 0.5) is 0 Å². The van der Waals surface area contributed by atoms with Gasteiger partial charge in [-0.05, 0) is 36.7 Å². The van der Waals surface area contributed by atoms with Crippen molar-refractivity contribution in [1.82, 2.24) is 0 Å². The zero-order valence-corrected chi connectivity index (χ0v) is 9.20. The Hall–Kier alpha value is -1.03. The van der Waals surface area contributed by atoms with Crippen molar-refractivity contribution in [3.05, 3.63) is 40.4 Å². The van der Waals surface area contributed by atoms with Gasteiger partial charge in [0.05, 0.1) is 0 Å². The van der Waals surface area contributed by atoms with E-state index < -0.39 is 4.87 Å². The largest absolute Gasteiger partial charge is 0.271 e. The molecular formula is C11H13NO2S. The van der Waals surface area contributed by atoms with Gasteiger partial charge in [-0.25, -0.2) is 0 Å². The van der Waals surface area contributed by atoms with Crippen molar-refractivity contribution in [3.8, 4) is 0 Å². The lowest BCUT2D eigenvalue weighted by molar-refractivity contribution is -0.536. The highest BCUT2D eigenvalue weighted by Crippen LogP contribution is 2.45. The molecule has 0 aliphatic heterocycles. The normalized spacial score (nSPS) is 18.9. The fraction of sp³-hybridized carbons (Fsp3) is 0.455. The van der Waals surface area contributed by atoms with Gasteiger partial charge in [-0.3, -0.25) is 10.1 Å². The predicted molar refractivity (Wildman–Crippen MR) is 60.5 cm³/mol. The summed E-state index contributed by atoms with van der Waals surface area (Å²) in [6.45, 7) is 0. The first kappa shape index (κ1) is 10.5. The summed E-state index contributed by atoms with van der Waals surface area (Å²) in [5.74, 6) is 0. The van der Waals surface area contributed by atoms with E-state index in [4.69, 9.17) is 0 Å². The molecule has 1 aromatic carbocycles. The van der Waals surface area contributed by atoms with Crippen molar-refractivity contribution >= 4 is 11.8 Å². The van der Waals surface area contributed by atoms with Crippen LogP contribution in [0.1, 0.15) is 25.7 Å². The minimum absolute atomic E-state index is 0.0995. The van der Waals surface area contributed by atoms with E-state index in [0.29, 0.717) is 12.8 Å². The fourth-order valence-electron chi connectivity index (χ4n) is 1.96. The maximum absolute atomic E-state index is 11.1. The number of rotatable bonds is 3. The van der Waals surface area contributed by atoms with Crippen LogP contribution in [0, 0.1) is 10.1 Å². The van der Waals surface area contributed by atoms with Crippen molar-refractivity contribution in [2.75, 3.05) is 0 Å². The van der Waals surface area contributed by atoms with Gasteiger partial charge >= 0.3 is 0 Å². The molecule has 80 valence electrons. The average molecular weight is 223 g/mol. The molecule has 1 aliphatic carbocycles. The van der Waals surface area contributed by atoms with E-state index in [9.17, 15) is 10.1 Å². The van der Waals surface area contributed by atoms with Gasteiger partial charge in [0.1, 0.15) is 0 Å². The Morgan fingerprint density at radius 1 is 1.20 bits per heavy atom. The smallest absolute Gasteiger partial charge is 0.263 e. The molecule has 1 aromatic rings. The summed E-state index contributed by atoms with van der Waals surface area (Å²) in [4.78, 5) is 11.2. The summed E-state index contributed by atoms with van der Waals surface area (Å²) < 4.78 is 0. The molecule has 0 aromatic heterocycles. The molecule has 4 heteroatoms. The van der Waals surface area contributed by atoms with Crippen LogP contribution in [0.15, 0.2) is 35.2 Å². The van der Waals surface area contributed by atoms with E-state index in [2.05, 4.69) is 0 Å². The fourth-order valence-corrected chi connectivity index (χ4v) is 3.26. The average Bonchev–Trinajstić information content (AvgIpc) is 2.69. The molecule has 0 bridgehead atoms. The first-order valence-corrected chi connectivity index (χ1v) is 5.93. The van der Waals surface area contributed by atoms with Crippen molar-refractivity contribution in [2.24, 2.45) is 0 Å². The number of thioether (sulfide) groups is 1. The van der Waals surface area contributed by atoms with Crippen LogP contribution in [0.2, 0.25) is 0 Å². The van der Waals surface area contributed by atoms with Crippen LogP contribution in [0.5, 0.6) is 0 Å². The SMILES string of the molecule is O=[N+]([O-])C1(Sc2ccccc2)CCCC1. The molecule has 3 nitrogen and oxygen atoms in total. The number of benzene rings is 1. The molecule has 0 unspecified atom stereocenters. The molecule has 0 amide bonds. The molecule has 15 heavy (non-hydrogen) atoms. The quantitative estimate of drug-likeness (QED) is 0.448. The monoisotopic (exact) mass is 223 g/mol. The number of hydrogen-bond acceptors (Lipinski definition) is 3. The predicted octanol–water partition coefficient (Wildman–Crippen LogP) is 3.33. The highest BCUT2D eigenvalue weighted by molar-refractivity contribution is 8.00. The lowest BCUT2D eigenvalue weighted by Gasteiger charge is -2.18. The Morgan fingerprint density at radius 3 is 2.33 bits per heavy atom. The van der Waals surface area contributed by atoms with Gasteiger partial charge in [-0.2, -0.15) is 0 Å². The summed E-state index contributed by atoms with van der Waals surface area (Å²) >= 11 is 1.41. The topological polar surface area (TPSA) is 43.1 Å². The summed E-state index contributed by atoms with van der Waals surface area (Å²) in [6.07, 6.45) is 3.33. The van der Waals surface area contributed by atoms with Gasteiger partial charge in [-0.1, -0.05) is 18.2 Å². The minimum atomic E-state index is -0.763. The first-order valence-electron chi connectivity index (χ1n) is 5.11. The standard InChI is InChI=1S/C11H13NO2S/c13-12(14)11(8-4-5-9-11)15-10-6-2-1-3-7-10/h1-3,6-7H,4-5,8-9H2. The van der Waals surface area contributed by atoms with E-state index in [1.165, 1.54) is 11.8 Å². The lowest BCUT2D eigenvalue weighted by Crippen LogP contribution is -2.30. The van der Waals surface area contributed by atoms with E-state index in [1.54, 1.807) is 0 Å². The highest BCUT2D eigenvalue weighted by Gasteiger charge is 2.46. The van der Waals surface area contributed by atoms with Gasteiger partial charge < -0.3 is 0 Å². The highest BCUT2D eigenvalue weighted by atomic mass is 32.2. The Kier molecular flexibility index (Phi) is 2.95. The van der Waals surface area contributed by atoms with Crippen LogP contribution in [0.25, 0.3) is 0 Å². The maximum Gasteiger partial charge on any atom is 0.271 e. The van der Waals surface area contributed by atoms with Crippen molar-refractivity contribution in [2.45, 2.75) is 35.4 Å². The van der Waals surface area contributed by atoms with Gasteiger partial charge in [0.2, 0.25) is 0 Å². The molecule has 0 spiro atoms. The summed E-state index contributed by atoms with van der Waals surface area (Å²) in [7, 11) is 0. The molecule has 0 radical (unpaired) electrons. The van der Waals surface area contributed by atoms with Gasteiger partial charge in [0, 0.05) is 22.7 Å². The molecule has 0 saturated heterocycles. The van der Waals surface area contributed by atoms with Gasteiger partial charge in [-0.15, -0.1) is 0 Å². The van der Waals surface area contributed by atoms with Crippen molar-refractivity contribution in [3.63, 3.8) is 0 Å². The van der Waals surface area contributed by atoms with Crippen molar-refractivity contribution in [1.29, 1.82) is 0 Å². The van der Waals surface area contributed by atoms with Crippen LogP contribution in [-0.4, -0.2) is 9.79 Å². The Bertz CT molecular complexity index is 347. The molecule has 1 saturated carbocycles. The summed E-state index contributed by atoms with van der Waals surface area (Å²) in [5.41, 5.74) is 0. The van der Waals surface area contributed by atoms with Crippen LogP contribution in [-0.2, 0) is 0 Å². The van der Waals surface area contributed by atoms with E-state index in [1.807, 2.05) is 30.3 Å². The third-order valence-electron chi connectivity index (χ3n) is 2.77. The number of hydrogen-bond donors (Lipinski definition) is 0. The molecule has 1 aliphatic rings. The third-order valence-corrected chi connectivity index (χ3v) is 4.21. The Balaban J connectivity index is 2.18. The van der Waals surface area contributed by atoms with Crippen molar-refractivity contribution < 1.29 is 4.92 Å². The molecule has 0 N–H and O–H groups in total. The van der Waals surface area contributed by atoms with Crippen LogP contribution < -0.4 is 0 Å². The molecule has 0 atom stereocenters. The molecular weight excluding hydrogens is 210 g/mol. The second-order valence-electron chi connectivity index (χ2n) is 3.83. The van der Waals surface area contributed by atoms with Gasteiger partial charge in [0.25, 0.3) is 4.87 Å². The maximum atomic E-state index is 11.1. The minimum Gasteiger partial charge on any atom is -0.263 e. The van der Waals surface area contributed by atoms with Crippen LogP contribution in [0.3, 0.4) is 0 Å².